The molecule has 0 aliphatic rings. The summed E-state index contributed by atoms with van der Waals surface area (Å²) in [5.74, 6) is -1.14. The van der Waals surface area contributed by atoms with E-state index in [0.717, 1.165) is 24.4 Å². The van der Waals surface area contributed by atoms with E-state index in [4.69, 9.17) is 0 Å². The van der Waals surface area contributed by atoms with Gasteiger partial charge in [-0.15, -0.1) is 0 Å². The van der Waals surface area contributed by atoms with E-state index in [1.54, 1.807) is 20.8 Å². The van der Waals surface area contributed by atoms with Gasteiger partial charge in [-0.2, -0.15) is 4.40 Å². The van der Waals surface area contributed by atoms with Crippen LogP contribution in [0.2, 0.25) is 0 Å². The summed E-state index contributed by atoms with van der Waals surface area (Å²) in [6.45, 7) is 5.26. The Morgan fingerprint density at radius 2 is 1.94 bits per heavy atom. The van der Waals surface area contributed by atoms with Crippen molar-refractivity contribution in [3.63, 3.8) is 0 Å². The first-order valence-electron chi connectivity index (χ1n) is 4.72. The second-order valence-electron chi connectivity index (χ2n) is 4.26. The lowest BCUT2D eigenvalue weighted by Gasteiger charge is -2.12. The molecule has 1 aromatic carbocycles. The molecule has 1 atom stereocenters. The van der Waals surface area contributed by atoms with Gasteiger partial charge in [0.1, 0.15) is 22.6 Å². The molecule has 0 aromatic heterocycles. The zero-order chi connectivity index (χ0) is 12.3. The van der Waals surface area contributed by atoms with E-state index in [1.807, 2.05) is 0 Å². The fourth-order valence-electron chi connectivity index (χ4n) is 0.876. The number of hydrogen-bond acceptors (Lipinski definition) is 1. The van der Waals surface area contributed by atoms with Crippen LogP contribution in [-0.2, 0) is 11.0 Å². The Morgan fingerprint density at radius 1 is 1.31 bits per heavy atom. The highest BCUT2D eigenvalue weighted by Crippen LogP contribution is 2.13. The summed E-state index contributed by atoms with van der Waals surface area (Å²) in [5.41, 5.74) is -0.00222. The number of hydrogen-bond donors (Lipinski definition) is 0. The molecular formula is C11H13F2NOS. The minimum absolute atomic E-state index is 0.00222. The van der Waals surface area contributed by atoms with Crippen molar-refractivity contribution >= 4 is 17.2 Å². The van der Waals surface area contributed by atoms with Crippen LogP contribution in [0.25, 0.3) is 0 Å². The summed E-state index contributed by atoms with van der Waals surface area (Å²) in [4.78, 5) is 0. The van der Waals surface area contributed by atoms with E-state index in [1.165, 1.54) is 0 Å². The molecule has 0 spiro atoms. The standard InChI is InChI=1S/C11H13F2NOS/c1-11(2,3)16(15)14-7-8-6-9(12)4-5-10(8)13/h4-7H,1-3H3/b14-7+/t16-/m0/s1. The van der Waals surface area contributed by atoms with Gasteiger partial charge >= 0.3 is 0 Å². The molecule has 0 aliphatic carbocycles. The first-order chi connectivity index (χ1) is 7.30. The van der Waals surface area contributed by atoms with Gasteiger partial charge in [-0.25, -0.2) is 13.0 Å². The molecular weight excluding hydrogens is 232 g/mol. The van der Waals surface area contributed by atoms with Gasteiger partial charge in [0, 0.05) is 11.8 Å². The third-order valence-electron chi connectivity index (χ3n) is 1.77. The first-order valence-corrected chi connectivity index (χ1v) is 5.82. The van der Waals surface area contributed by atoms with Crippen LogP contribution in [0.15, 0.2) is 22.6 Å². The maximum Gasteiger partial charge on any atom is 0.144 e. The highest BCUT2D eigenvalue weighted by molar-refractivity contribution is 7.85. The number of rotatable bonds is 2. The Balaban J connectivity index is 2.93. The molecule has 1 rings (SSSR count). The molecule has 16 heavy (non-hydrogen) atoms. The molecule has 0 radical (unpaired) electrons. The van der Waals surface area contributed by atoms with Crippen LogP contribution in [0.3, 0.4) is 0 Å². The predicted molar refractivity (Wildman–Crippen MR) is 61.8 cm³/mol. The van der Waals surface area contributed by atoms with Crippen LogP contribution in [0.1, 0.15) is 26.3 Å². The molecule has 0 saturated heterocycles. The summed E-state index contributed by atoms with van der Waals surface area (Å²) in [6, 6.07) is 3.04. The number of nitrogens with zero attached hydrogens (tertiary/aromatic N) is 1. The van der Waals surface area contributed by atoms with Gasteiger partial charge < -0.3 is 0 Å². The van der Waals surface area contributed by atoms with Crippen molar-refractivity contribution in [3.8, 4) is 0 Å². The fourth-order valence-corrected chi connectivity index (χ4v) is 1.40. The molecule has 1 aromatic rings. The van der Waals surface area contributed by atoms with Crippen LogP contribution in [0.4, 0.5) is 8.78 Å². The van der Waals surface area contributed by atoms with Crippen LogP contribution < -0.4 is 0 Å². The number of halogens is 2. The van der Waals surface area contributed by atoms with Crippen molar-refractivity contribution in [1.82, 2.24) is 0 Å². The molecule has 0 fully saturated rings. The Kier molecular flexibility index (Phi) is 3.91. The highest BCUT2D eigenvalue weighted by atomic mass is 32.2. The second kappa shape index (κ2) is 4.82. The minimum Gasteiger partial charge on any atom is -0.234 e. The molecule has 0 heterocycles. The third-order valence-corrected chi connectivity index (χ3v) is 3.11. The van der Waals surface area contributed by atoms with Gasteiger partial charge in [-0.3, -0.25) is 0 Å². The van der Waals surface area contributed by atoms with Crippen molar-refractivity contribution in [2.45, 2.75) is 25.5 Å². The molecule has 2 nitrogen and oxygen atoms in total. The molecule has 0 N–H and O–H groups in total. The third kappa shape index (κ3) is 3.48. The average molecular weight is 245 g/mol. The summed E-state index contributed by atoms with van der Waals surface area (Å²) < 4.78 is 40.7. The Bertz CT molecular complexity index is 438. The second-order valence-corrected chi connectivity index (χ2v) is 6.20. The largest absolute Gasteiger partial charge is 0.234 e. The van der Waals surface area contributed by atoms with Gasteiger partial charge in [0.25, 0.3) is 0 Å². The molecule has 5 heteroatoms. The van der Waals surface area contributed by atoms with Gasteiger partial charge in [-0.1, -0.05) is 0 Å². The zero-order valence-electron chi connectivity index (χ0n) is 9.33. The van der Waals surface area contributed by atoms with Gasteiger partial charge in [0.15, 0.2) is 0 Å². The Hall–Kier alpha value is -1.10. The maximum atomic E-state index is 13.2. The molecule has 0 saturated carbocycles. The fraction of sp³-hybridized carbons (Fsp3) is 0.364. The van der Waals surface area contributed by atoms with Gasteiger partial charge in [0.2, 0.25) is 0 Å². The first kappa shape index (κ1) is 13.0. The van der Waals surface area contributed by atoms with E-state index in [-0.39, 0.29) is 5.56 Å². The van der Waals surface area contributed by atoms with Crippen LogP contribution in [-0.4, -0.2) is 15.2 Å². The van der Waals surface area contributed by atoms with Crippen molar-refractivity contribution in [3.05, 3.63) is 35.4 Å². The van der Waals surface area contributed by atoms with Crippen molar-refractivity contribution in [2.24, 2.45) is 4.40 Å². The Morgan fingerprint density at radius 3 is 2.50 bits per heavy atom. The summed E-state index contributed by atoms with van der Waals surface area (Å²) in [6.07, 6.45) is 1.10. The lowest BCUT2D eigenvalue weighted by molar-refractivity contribution is 0.598. The maximum absolute atomic E-state index is 13.2. The topological polar surface area (TPSA) is 29.4 Å². The lowest BCUT2D eigenvalue weighted by Crippen LogP contribution is -2.19. The monoisotopic (exact) mass is 245 g/mol. The molecule has 88 valence electrons. The lowest BCUT2D eigenvalue weighted by atomic mass is 10.2. The molecule has 0 unspecified atom stereocenters. The highest BCUT2D eigenvalue weighted by Gasteiger charge is 2.18. The van der Waals surface area contributed by atoms with Crippen LogP contribution in [0.5, 0.6) is 0 Å². The summed E-state index contributed by atoms with van der Waals surface area (Å²) >= 11 is 0. The molecule has 0 aliphatic heterocycles. The van der Waals surface area contributed by atoms with Crippen LogP contribution >= 0.6 is 0 Å². The predicted octanol–water partition coefficient (Wildman–Crippen LogP) is 2.85. The van der Waals surface area contributed by atoms with E-state index in [0.29, 0.717) is 0 Å². The van der Waals surface area contributed by atoms with E-state index in [9.17, 15) is 13.0 Å². The van der Waals surface area contributed by atoms with E-state index in [2.05, 4.69) is 4.40 Å². The van der Waals surface area contributed by atoms with E-state index >= 15 is 0 Å². The number of benzene rings is 1. The van der Waals surface area contributed by atoms with Gasteiger partial charge in [-0.05, 0) is 39.0 Å². The summed E-state index contributed by atoms with van der Waals surface area (Å²) in [5, 5.41) is 0. The molecule has 0 amide bonds. The van der Waals surface area contributed by atoms with Crippen LogP contribution in [0, 0.1) is 11.6 Å². The minimum atomic E-state index is -1.47. The normalized spacial score (nSPS) is 14.3. The Labute approximate surface area is 96.0 Å². The van der Waals surface area contributed by atoms with Crippen molar-refractivity contribution in [1.29, 1.82) is 0 Å². The quantitative estimate of drug-likeness (QED) is 0.737. The SMILES string of the molecule is CC(C)(C)[S@](=O)/N=C/c1cc(F)ccc1F. The summed E-state index contributed by atoms with van der Waals surface area (Å²) in [7, 11) is -1.47. The van der Waals surface area contributed by atoms with Crippen molar-refractivity contribution in [2.75, 3.05) is 0 Å². The zero-order valence-corrected chi connectivity index (χ0v) is 10.1. The van der Waals surface area contributed by atoms with Crippen molar-refractivity contribution < 1.29 is 13.0 Å². The average Bonchev–Trinajstić information content (AvgIpc) is 2.17. The molecule has 0 bridgehead atoms. The smallest absolute Gasteiger partial charge is 0.144 e. The van der Waals surface area contributed by atoms with E-state index < -0.39 is 27.4 Å². The van der Waals surface area contributed by atoms with Gasteiger partial charge in [0.05, 0.1) is 4.75 Å².